The highest BCUT2D eigenvalue weighted by Gasteiger charge is 2.45. The third kappa shape index (κ3) is 17.1. The Morgan fingerprint density at radius 2 is 1.13 bits per heavy atom. The van der Waals surface area contributed by atoms with Gasteiger partial charge in [-0.05, 0) is 38.5 Å². The quantitative estimate of drug-likeness (QED) is 0.0510. The summed E-state index contributed by atoms with van der Waals surface area (Å²) in [4.78, 5) is 38.4. The molecule has 0 radical (unpaired) electrons. The van der Waals surface area contributed by atoms with Gasteiger partial charge in [0.15, 0.2) is 0 Å². The molecule has 6 nitrogen and oxygen atoms in total. The van der Waals surface area contributed by atoms with Gasteiger partial charge in [0.1, 0.15) is 5.60 Å². The van der Waals surface area contributed by atoms with Crippen molar-refractivity contribution in [3.05, 3.63) is 12.2 Å². The van der Waals surface area contributed by atoms with Gasteiger partial charge in [-0.15, -0.1) is 0 Å². The highest BCUT2D eigenvalue weighted by atomic mass is 28.2. The molecule has 0 fully saturated rings. The molecule has 0 saturated heterocycles. The summed E-state index contributed by atoms with van der Waals surface area (Å²) in [7, 11) is 0.310. The zero-order valence-electron chi connectivity index (χ0n) is 25.3. The van der Waals surface area contributed by atoms with E-state index in [1.807, 2.05) is 0 Å². The Labute approximate surface area is 236 Å². The van der Waals surface area contributed by atoms with Crippen molar-refractivity contribution in [1.29, 1.82) is 0 Å². The number of ether oxygens (including phenoxy) is 2. The van der Waals surface area contributed by atoms with Crippen LogP contribution < -0.4 is 0 Å². The van der Waals surface area contributed by atoms with Gasteiger partial charge in [-0.25, -0.2) is 9.59 Å². The number of hydrogen-bond acceptors (Lipinski definition) is 6. The van der Waals surface area contributed by atoms with Crippen LogP contribution in [-0.2, 0) is 28.3 Å². The Morgan fingerprint density at radius 3 is 1.63 bits per heavy atom. The standard InChI is InChI=1S/C31H58O6Si/c1-5-9-13-17-21-27(30(34)37-38)31(24-18-14-10-6-2,25-19-15-11-7-3)36-29(33)23-22-28(32)35-26-20-16-12-8-4/h22-23,27H,5-21,24-26H2,1-4,38H3/b23-22-. The van der Waals surface area contributed by atoms with Crippen molar-refractivity contribution in [3.63, 3.8) is 0 Å². The lowest BCUT2D eigenvalue weighted by Crippen LogP contribution is -2.47. The van der Waals surface area contributed by atoms with Gasteiger partial charge in [-0.3, -0.25) is 4.79 Å². The topological polar surface area (TPSA) is 78.9 Å². The van der Waals surface area contributed by atoms with E-state index in [0.29, 0.717) is 36.4 Å². The van der Waals surface area contributed by atoms with Crippen LogP contribution in [0.5, 0.6) is 0 Å². The maximum Gasteiger partial charge on any atom is 0.331 e. The first-order chi connectivity index (χ1) is 18.4. The lowest BCUT2D eigenvalue weighted by Gasteiger charge is -2.39. The van der Waals surface area contributed by atoms with E-state index >= 15 is 0 Å². The normalized spacial score (nSPS) is 12.5. The molecular weight excluding hydrogens is 496 g/mol. The summed E-state index contributed by atoms with van der Waals surface area (Å²) in [6.07, 6.45) is 20.7. The SMILES string of the molecule is CCCCCCOC(=O)/C=C\C(=O)OC(CCCCCC)(CCCCCC)C(CCCCCC)C(=O)O[SiH3]. The Hall–Kier alpha value is -1.63. The van der Waals surface area contributed by atoms with Crippen LogP contribution in [0.2, 0.25) is 0 Å². The summed E-state index contributed by atoms with van der Waals surface area (Å²) in [6.45, 7) is 8.98. The molecule has 0 amide bonds. The third-order valence-corrected chi connectivity index (χ3v) is 7.68. The molecule has 38 heavy (non-hydrogen) atoms. The van der Waals surface area contributed by atoms with E-state index in [4.69, 9.17) is 13.9 Å². The van der Waals surface area contributed by atoms with Crippen LogP contribution in [-0.4, -0.2) is 40.6 Å². The third-order valence-electron chi connectivity index (χ3n) is 7.28. The second-order valence-electron chi connectivity index (χ2n) is 10.6. The molecule has 1 atom stereocenters. The predicted octanol–water partition coefficient (Wildman–Crippen LogP) is 7.30. The van der Waals surface area contributed by atoms with Crippen LogP contribution in [0.4, 0.5) is 0 Å². The molecule has 222 valence electrons. The average Bonchev–Trinajstić information content (AvgIpc) is 2.91. The van der Waals surface area contributed by atoms with Crippen molar-refractivity contribution in [1.82, 2.24) is 0 Å². The van der Waals surface area contributed by atoms with Crippen LogP contribution in [0, 0.1) is 5.92 Å². The molecule has 0 bridgehead atoms. The monoisotopic (exact) mass is 554 g/mol. The molecule has 0 aliphatic rings. The fourth-order valence-corrected chi connectivity index (χ4v) is 5.27. The number of esters is 2. The molecule has 7 heteroatoms. The summed E-state index contributed by atoms with van der Waals surface area (Å²) in [5.74, 6) is -1.85. The van der Waals surface area contributed by atoms with E-state index in [2.05, 4.69) is 27.7 Å². The molecule has 0 N–H and O–H groups in total. The van der Waals surface area contributed by atoms with Gasteiger partial charge in [0, 0.05) is 12.2 Å². The highest BCUT2D eigenvalue weighted by molar-refractivity contribution is 6.06. The zero-order valence-corrected chi connectivity index (χ0v) is 27.3. The molecule has 1 unspecified atom stereocenters. The van der Waals surface area contributed by atoms with Crippen molar-refractivity contribution in [2.75, 3.05) is 6.61 Å². The summed E-state index contributed by atoms with van der Waals surface area (Å²) in [6, 6.07) is 0. The minimum absolute atomic E-state index is 0.248. The number of carbonyl (C=O) groups excluding carboxylic acids is 3. The molecule has 0 aromatic carbocycles. The van der Waals surface area contributed by atoms with Gasteiger partial charge < -0.3 is 13.9 Å². The Morgan fingerprint density at radius 1 is 0.658 bits per heavy atom. The van der Waals surface area contributed by atoms with Crippen molar-refractivity contribution in [2.45, 2.75) is 155 Å². The van der Waals surface area contributed by atoms with Crippen molar-refractivity contribution in [3.8, 4) is 0 Å². The van der Waals surface area contributed by atoms with Gasteiger partial charge >= 0.3 is 11.9 Å². The average molecular weight is 555 g/mol. The van der Waals surface area contributed by atoms with Crippen LogP contribution in [0.1, 0.15) is 150 Å². The Kier molecular flexibility index (Phi) is 23.4. The van der Waals surface area contributed by atoms with Crippen LogP contribution in [0.3, 0.4) is 0 Å². The molecule has 0 heterocycles. The maximum atomic E-state index is 13.2. The van der Waals surface area contributed by atoms with Crippen molar-refractivity contribution in [2.24, 2.45) is 5.92 Å². The predicted molar refractivity (Wildman–Crippen MR) is 159 cm³/mol. The van der Waals surface area contributed by atoms with Crippen molar-refractivity contribution < 1.29 is 28.3 Å². The highest BCUT2D eigenvalue weighted by Crippen LogP contribution is 2.38. The van der Waals surface area contributed by atoms with Gasteiger partial charge in [-0.2, -0.15) is 0 Å². The minimum Gasteiger partial charge on any atom is -0.528 e. The Bertz CT molecular complexity index is 636. The molecule has 0 aliphatic heterocycles. The first-order valence-corrected chi connectivity index (χ1v) is 16.4. The molecule has 0 aromatic heterocycles. The summed E-state index contributed by atoms with van der Waals surface area (Å²) in [5.41, 5.74) is -0.916. The summed E-state index contributed by atoms with van der Waals surface area (Å²) < 4.78 is 16.9. The number of carbonyl (C=O) groups is 3. The van der Waals surface area contributed by atoms with E-state index in [9.17, 15) is 14.4 Å². The number of hydrogen-bond donors (Lipinski definition) is 0. The fourth-order valence-electron chi connectivity index (χ4n) is 4.98. The second kappa shape index (κ2) is 24.4. The van der Waals surface area contributed by atoms with E-state index in [0.717, 1.165) is 109 Å². The number of rotatable bonds is 25. The molecule has 0 aromatic rings. The van der Waals surface area contributed by atoms with Gasteiger partial charge in [0.05, 0.1) is 12.5 Å². The van der Waals surface area contributed by atoms with Crippen molar-refractivity contribution >= 4 is 28.4 Å². The summed E-state index contributed by atoms with van der Waals surface area (Å²) in [5, 5.41) is 0. The van der Waals surface area contributed by atoms with Gasteiger partial charge in [-0.1, -0.05) is 111 Å². The van der Waals surface area contributed by atoms with E-state index in [1.54, 1.807) is 0 Å². The summed E-state index contributed by atoms with van der Waals surface area (Å²) >= 11 is 0. The molecular formula is C31H58O6Si. The fraction of sp³-hybridized carbons (Fsp3) is 0.839. The van der Waals surface area contributed by atoms with E-state index in [1.165, 1.54) is 6.08 Å². The first kappa shape index (κ1) is 36.4. The molecule has 0 spiro atoms. The minimum atomic E-state index is -0.916. The number of unbranched alkanes of at least 4 members (excludes halogenated alkanes) is 12. The second-order valence-corrected chi connectivity index (χ2v) is 11.0. The largest absolute Gasteiger partial charge is 0.528 e. The van der Waals surface area contributed by atoms with Crippen LogP contribution >= 0.6 is 0 Å². The van der Waals surface area contributed by atoms with Crippen LogP contribution in [0.15, 0.2) is 12.2 Å². The van der Waals surface area contributed by atoms with Gasteiger partial charge in [0.2, 0.25) is 10.5 Å². The molecule has 0 aliphatic carbocycles. The van der Waals surface area contributed by atoms with Crippen LogP contribution in [0.25, 0.3) is 0 Å². The lowest BCUT2D eigenvalue weighted by molar-refractivity contribution is -0.172. The smallest absolute Gasteiger partial charge is 0.331 e. The lowest BCUT2D eigenvalue weighted by atomic mass is 9.76. The van der Waals surface area contributed by atoms with E-state index < -0.39 is 23.5 Å². The van der Waals surface area contributed by atoms with E-state index in [-0.39, 0.29) is 5.97 Å². The maximum absolute atomic E-state index is 13.2. The zero-order chi connectivity index (χ0) is 28.5. The Balaban J connectivity index is 5.76. The molecule has 0 saturated carbocycles. The first-order valence-electron chi connectivity index (χ1n) is 15.6. The molecule has 0 rings (SSSR count). The van der Waals surface area contributed by atoms with Gasteiger partial charge in [0.25, 0.3) is 5.97 Å².